The Balaban J connectivity index is 2.23. The lowest BCUT2D eigenvalue weighted by atomic mass is 9.95. The zero-order chi connectivity index (χ0) is 16.8. The number of rotatable bonds is 6. The van der Waals surface area contributed by atoms with Crippen molar-refractivity contribution in [1.82, 2.24) is 0 Å². The molecule has 0 bridgehead atoms. The number of ether oxygens (including phenoxy) is 2. The fraction of sp³-hybridized carbons (Fsp3) is 0.278. The fourth-order valence-electron chi connectivity index (χ4n) is 2.41. The van der Waals surface area contributed by atoms with Crippen LogP contribution >= 0.6 is 0 Å². The Bertz CT molecular complexity index is 670. The van der Waals surface area contributed by atoms with Crippen molar-refractivity contribution in [2.75, 3.05) is 19.5 Å². The van der Waals surface area contributed by atoms with Crippen molar-refractivity contribution < 1.29 is 18.7 Å². The van der Waals surface area contributed by atoms with Gasteiger partial charge in [-0.2, -0.15) is 0 Å². The molecule has 0 aliphatic rings. The summed E-state index contributed by atoms with van der Waals surface area (Å²) in [5.41, 5.74) is 0.910. The Morgan fingerprint density at radius 3 is 2.39 bits per heavy atom. The Morgan fingerprint density at radius 2 is 1.83 bits per heavy atom. The fourth-order valence-corrected chi connectivity index (χ4v) is 2.41. The number of hydrogen-bond donors (Lipinski definition) is 1. The van der Waals surface area contributed by atoms with E-state index in [1.54, 1.807) is 25.3 Å². The van der Waals surface area contributed by atoms with Gasteiger partial charge in [-0.25, -0.2) is 4.39 Å². The lowest BCUT2D eigenvalue weighted by Crippen LogP contribution is -2.21. The van der Waals surface area contributed by atoms with Gasteiger partial charge in [0.15, 0.2) is 5.82 Å². The third kappa shape index (κ3) is 3.80. The number of amides is 1. The molecule has 0 radical (unpaired) electrons. The Morgan fingerprint density at radius 1 is 1.13 bits per heavy atom. The molecule has 0 saturated carbocycles. The molecule has 0 aliphatic carbocycles. The molecule has 0 fully saturated rings. The van der Waals surface area contributed by atoms with Gasteiger partial charge in [0, 0.05) is 0 Å². The Labute approximate surface area is 135 Å². The maximum absolute atomic E-state index is 14.0. The van der Waals surface area contributed by atoms with Crippen molar-refractivity contribution in [2.24, 2.45) is 0 Å². The minimum Gasteiger partial charge on any atom is -0.497 e. The minimum absolute atomic E-state index is 0.0620. The first-order valence-corrected chi connectivity index (χ1v) is 7.38. The van der Waals surface area contributed by atoms with Gasteiger partial charge in [0.1, 0.15) is 17.2 Å². The van der Waals surface area contributed by atoms with Crippen molar-refractivity contribution in [1.29, 1.82) is 0 Å². The van der Waals surface area contributed by atoms with Crippen molar-refractivity contribution in [3.8, 4) is 11.5 Å². The number of anilines is 1. The molecule has 1 amide bonds. The molecule has 23 heavy (non-hydrogen) atoms. The maximum Gasteiger partial charge on any atom is 0.232 e. The van der Waals surface area contributed by atoms with E-state index in [4.69, 9.17) is 9.47 Å². The van der Waals surface area contributed by atoms with E-state index in [1.807, 2.05) is 19.1 Å². The van der Waals surface area contributed by atoms with Gasteiger partial charge in [-0.05, 0) is 36.2 Å². The van der Waals surface area contributed by atoms with Crippen LogP contribution in [0.15, 0.2) is 42.5 Å². The van der Waals surface area contributed by atoms with Gasteiger partial charge in [-0.15, -0.1) is 0 Å². The van der Waals surface area contributed by atoms with Crippen LogP contribution in [0.3, 0.4) is 0 Å². The van der Waals surface area contributed by atoms with Gasteiger partial charge < -0.3 is 14.8 Å². The maximum atomic E-state index is 14.0. The zero-order valence-electron chi connectivity index (χ0n) is 13.4. The van der Waals surface area contributed by atoms with E-state index in [9.17, 15) is 9.18 Å². The number of hydrogen-bond acceptors (Lipinski definition) is 3. The summed E-state index contributed by atoms with van der Waals surface area (Å²) in [5, 5.41) is 2.64. The highest BCUT2D eigenvalue weighted by atomic mass is 19.1. The van der Waals surface area contributed by atoms with Gasteiger partial charge in [-0.3, -0.25) is 4.79 Å². The van der Waals surface area contributed by atoms with Crippen LogP contribution < -0.4 is 14.8 Å². The molecule has 0 saturated heterocycles. The molecule has 2 aromatic rings. The van der Waals surface area contributed by atoms with Crippen LogP contribution in [0.4, 0.5) is 10.1 Å². The minimum atomic E-state index is -0.526. The second-order valence-corrected chi connectivity index (χ2v) is 5.04. The van der Waals surface area contributed by atoms with Gasteiger partial charge in [0.05, 0.1) is 20.1 Å². The van der Waals surface area contributed by atoms with Crippen LogP contribution in [0.25, 0.3) is 0 Å². The zero-order valence-corrected chi connectivity index (χ0v) is 13.4. The molecular formula is C18H20FNO3. The van der Waals surface area contributed by atoms with E-state index in [1.165, 1.54) is 19.2 Å². The molecule has 2 aromatic carbocycles. The molecule has 0 heterocycles. The number of methoxy groups -OCH3 is 2. The molecule has 2 rings (SSSR count). The Hall–Kier alpha value is -2.56. The van der Waals surface area contributed by atoms with Crippen LogP contribution in [0.5, 0.6) is 11.5 Å². The molecule has 5 heteroatoms. The topological polar surface area (TPSA) is 47.6 Å². The molecule has 0 aliphatic heterocycles. The molecule has 1 N–H and O–H groups in total. The average Bonchev–Trinajstić information content (AvgIpc) is 2.58. The van der Waals surface area contributed by atoms with E-state index in [0.717, 1.165) is 11.3 Å². The number of carbonyl (C=O) groups is 1. The monoisotopic (exact) mass is 317 g/mol. The third-order valence-electron chi connectivity index (χ3n) is 3.69. The highest BCUT2D eigenvalue weighted by molar-refractivity contribution is 5.97. The second-order valence-electron chi connectivity index (χ2n) is 5.04. The van der Waals surface area contributed by atoms with E-state index >= 15 is 0 Å². The number of para-hydroxylation sites is 1. The highest BCUT2D eigenvalue weighted by Gasteiger charge is 2.21. The normalized spacial score (nSPS) is 11.7. The number of nitrogens with one attached hydrogen (secondary N) is 1. The van der Waals surface area contributed by atoms with E-state index in [2.05, 4.69) is 5.32 Å². The second kappa shape index (κ2) is 7.63. The van der Waals surface area contributed by atoms with Crippen molar-refractivity contribution >= 4 is 11.6 Å². The lowest BCUT2D eigenvalue weighted by molar-refractivity contribution is -0.117. The van der Waals surface area contributed by atoms with Crippen molar-refractivity contribution in [3.63, 3.8) is 0 Å². The SMILES string of the molecule is CCC(C(=O)Nc1c(F)cccc1OC)c1ccc(OC)cc1. The summed E-state index contributed by atoms with van der Waals surface area (Å²) in [6.07, 6.45) is 0.592. The molecule has 1 atom stereocenters. The predicted octanol–water partition coefficient (Wildman–Crippen LogP) is 3.98. The number of halogens is 1. The lowest BCUT2D eigenvalue weighted by Gasteiger charge is -2.17. The van der Waals surface area contributed by atoms with Crippen LogP contribution in [0.2, 0.25) is 0 Å². The summed E-state index contributed by atoms with van der Waals surface area (Å²) < 4.78 is 24.2. The molecular weight excluding hydrogens is 297 g/mol. The van der Waals surface area contributed by atoms with Crippen LogP contribution in [-0.4, -0.2) is 20.1 Å². The summed E-state index contributed by atoms with van der Waals surface area (Å²) in [5.74, 6) is -0.170. The van der Waals surface area contributed by atoms with Gasteiger partial charge in [0.25, 0.3) is 0 Å². The van der Waals surface area contributed by atoms with E-state index in [-0.39, 0.29) is 17.5 Å². The summed E-state index contributed by atoms with van der Waals surface area (Å²) in [4.78, 5) is 12.6. The Kier molecular flexibility index (Phi) is 5.57. The van der Waals surface area contributed by atoms with Gasteiger partial charge >= 0.3 is 0 Å². The number of carbonyl (C=O) groups excluding carboxylic acids is 1. The average molecular weight is 317 g/mol. The quantitative estimate of drug-likeness (QED) is 0.877. The van der Waals surface area contributed by atoms with Crippen molar-refractivity contribution in [2.45, 2.75) is 19.3 Å². The molecule has 122 valence electrons. The summed E-state index contributed by atoms with van der Waals surface area (Å²) in [6.45, 7) is 1.91. The summed E-state index contributed by atoms with van der Waals surface area (Å²) in [6, 6.07) is 11.7. The van der Waals surface area contributed by atoms with E-state index < -0.39 is 5.82 Å². The first-order chi connectivity index (χ1) is 11.1. The molecule has 0 spiro atoms. The van der Waals surface area contributed by atoms with Crippen LogP contribution in [0, 0.1) is 5.82 Å². The van der Waals surface area contributed by atoms with Gasteiger partial charge in [-0.1, -0.05) is 25.1 Å². The van der Waals surface area contributed by atoms with E-state index in [0.29, 0.717) is 12.2 Å². The van der Waals surface area contributed by atoms with Crippen molar-refractivity contribution in [3.05, 3.63) is 53.8 Å². The van der Waals surface area contributed by atoms with Crippen LogP contribution in [-0.2, 0) is 4.79 Å². The standard InChI is InChI=1S/C18H20FNO3/c1-4-14(12-8-10-13(22-2)11-9-12)18(21)20-17-15(19)6-5-7-16(17)23-3/h5-11,14H,4H2,1-3H3,(H,20,21). The molecule has 0 aromatic heterocycles. The van der Waals surface area contributed by atoms with Gasteiger partial charge in [0.2, 0.25) is 5.91 Å². The largest absolute Gasteiger partial charge is 0.497 e. The molecule has 4 nitrogen and oxygen atoms in total. The third-order valence-corrected chi connectivity index (χ3v) is 3.69. The highest BCUT2D eigenvalue weighted by Crippen LogP contribution is 2.30. The smallest absolute Gasteiger partial charge is 0.232 e. The summed E-state index contributed by atoms with van der Waals surface area (Å²) >= 11 is 0. The number of benzene rings is 2. The predicted molar refractivity (Wildman–Crippen MR) is 87.6 cm³/mol. The summed E-state index contributed by atoms with van der Waals surface area (Å²) in [7, 11) is 3.02. The first kappa shape index (κ1) is 16.8. The first-order valence-electron chi connectivity index (χ1n) is 7.38. The molecule has 1 unspecified atom stereocenters. The van der Waals surface area contributed by atoms with Crippen LogP contribution in [0.1, 0.15) is 24.8 Å².